The van der Waals surface area contributed by atoms with Crippen molar-refractivity contribution >= 4 is 17.6 Å². The first kappa shape index (κ1) is 28.3. The predicted molar refractivity (Wildman–Crippen MR) is 145 cm³/mol. The Morgan fingerprint density at radius 1 is 1.15 bits per heavy atom. The molecule has 0 saturated carbocycles. The first-order chi connectivity index (χ1) is 18.9. The predicted octanol–water partition coefficient (Wildman–Crippen LogP) is 2.88. The zero-order valence-corrected chi connectivity index (χ0v) is 22.7. The highest BCUT2D eigenvalue weighted by Crippen LogP contribution is 2.39. The van der Waals surface area contributed by atoms with Crippen molar-refractivity contribution in [3.8, 4) is 11.5 Å². The van der Waals surface area contributed by atoms with Crippen LogP contribution >= 0.6 is 0 Å². The van der Waals surface area contributed by atoms with E-state index in [0.29, 0.717) is 61.2 Å². The Morgan fingerprint density at radius 3 is 2.62 bits per heavy atom. The Kier molecular flexibility index (Phi) is 9.72. The van der Waals surface area contributed by atoms with E-state index in [1.165, 1.54) is 16.0 Å². The summed E-state index contributed by atoms with van der Waals surface area (Å²) in [5, 5.41) is 8.74. The zero-order chi connectivity index (χ0) is 27.8. The average Bonchev–Trinajstić information content (AvgIpc) is 3.41. The second-order valence-corrected chi connectivity index (χ2v) is 9.30. The van der Waals surface area contributed by atoms with Gasteiger partial charge in [0.2, 0.25) is 0 Å². The highest BCUT2D eigenvalue weighted by Gasteiger charge is 2.37. The van der Waals surface area contributed by atoms with E-state index < -0.39 is 11.9 Å². The van der Waals surface area contributed by atoms with Crippen LogP contribution in [0.1, 0.15) is 30.5 Å². The van der Waals surface area contributed by atoms with Crippen LogP contribution in [0.4, 0.5) is 9.18 Å². The Hall–Kier alpha value is -3.70. The van der Waals surface area contributed by atoms with E-state index in [-0.39, 0.29) is 24.9 Å². The molecule has 0 unspecified atom stereocenters. The minimum absolute atomic E-state index is 0.187. The van der Waals surface area contributed by atoms with E-state index in [9.17, 15) is 14.0 Å². The first-order valence-corrected chi connectivity index (χ1v) is 13.1. The van der Waals surface area contributed by atoms with Crippen LogP contribution in [0.5, 0.6) is 11.5 Å². The van der Waals surface area contributed by atoms with Gasteiger partial charge < -0.3 is 24.4 Å². The van der Waals surface area contributed by atoms with E-state index in [4.69, 9.17) is 14.2 Å². The SMILES string of the molecule is CCNC(=O)N(CCN1CCOCC1)CC(=O)N1N=C(c2ccccc2F)C[C@H]1c1cc(OC)ccc1OC. The van der Waals surface area contributed by atoms with Crippen molar-refractivity contribution in [3.63, 3.8) is 0 Å². The van der Waals surface area contributed by atoms with E-state index >= 15 is 0 Å². The van der Waals surface area contributed by atoms with E-state index in [1.54, 1.807) is 50.6 Å². The molecule has 1 fully saturated rings. The minimum atomic E-state index is -0.576. The summed E-state index contributed by atoms with van der Waals surface area (Å²) >= 11 is 0. The molecule has 0 aromatic heterocycles. The first-order valence-electron chi connectivity index (χ1n) is 13.1. The molecule has 3 amide bonds. The van der Waals surface area contributed by atoms with E-state index in [1.807, 2.05) is 6.92 Å². The lowest BCUT2D eigenvalue weighted by Gasteiger charge is -2.31. The number of nitrogens with zero attached hydrogens (tertiary/aromatic N) is 4. The summed E-state index contributed by atoms with van der Waals surface area (Å²) in [6.45, 7) is 5.89. The average molecular weight is 542 g/mol. The maximum atomic E-state index is 14.7. The molecule has 0 spiro atoms. The zero-order valence-electron chi connectivity index (χ0n) is 22.7. The number of rotatable bonds is 10. The molecule has 2 aliphatic rings. The molecule has 1 N–H and O–H groups in total. The number of carbonyl (C=O) groups is 2. The molecule has 39 heavy (non-hydrogen) atoms. The van der Waals surface area contributed by atoms with Gasteiger partial charge in [-0.3, -0.25) is 9.69 Å². The summed E-state index contributed by atoms with van der Waals surface area (Å²) in [5.41, 5.74) is 1.44. The fourth-order valence-electron chi connectivity index (χ4n) is 4.78. The standard InChI is InChI=1S/C28H36FN5O5/c1-4-30-28(36)33(12-11-32-13-15-39-16-14-32)19-27(35)34-25(22-17-20(37-2)9-10-26(22)38-3)18-24(31-34)21-7-5-6-8-23(21)29/h5-10,17,25H,4,11-16,18-19H2,1-3H3,(H,30,36)/t25-/m0/s1. The van der Waals surface area contributed by atoms with Crippen molar-refractivity contribution in [1.82, 2.24) is 20.1 Å². The third-order valence-electron chi connectivity index (χ3n) is 6.88. The fourth-order valence-corrected chi connectivity index (χ4v) is 4.78. The monoisotopic (exact) mass is 541 g/mol. The Labute approximate surface area is 228 Å². The maximum absolute atomic E-state index is 14.7. The van der Waals surface area contributed by atoms with Crippen LogP contribution in [-0.4, -0.2) is 99.2 Å². The lowest BCUT2D eigenvalue weighted by Crippen LogP contribution is -2.49. The summed E-state index contributed by atoms with van der Waals surface area (Å²) in [5.74, 6) is 0.337. The van der Waals surface area contributed by atoms with Crippen molar-refractivity contribution in [2.75, 3.05) is 66.7 Å². The molecule has 2 aromatic carbocycles. The van der Waals surface area contributed by atoms with Gasteiger partial charge in [-0.15, -0.1) is 0 Å². The van der Waals surface area contributed by atoms with Crippen LogP contribution in [0.3, 0.4) is 0 Å². The Balaban J connectivity index is 1.63. The van der Waals surface area contributed by atoms with E-state index in [2.05, 4.69) is 15.3 Å². The number of nitrogens with one attached hydrogen (secondary N) is 1. The molecule has 1 saturated heterocycles. The van der Waals surface area contributed by atoms with Crippen molar-refractivity contribution in [2.24, 2.45) is 5.10 Å². The van der Waals surface area contributed by atoms with Crippen LogP contribution in [-0.2, 0) is 9.53 Å². The topological polar surface area (TPSA) is 95.9 Å². The Morgan fingerprint density at radius 2 is 1.92 bits per heavy atom. The van der Waals surface area contributed by atoms with Gasteiger partial charge in [0.05, 0.1) is 39.2 Å². The molecule has 210 valence electrons. The number of amides is 3. The van der Waals surface area contributed by atoms with Gasteiger partial charge in [-0.05, 0) is 31.2 Å². The third-order valence-corrected chi connectivity index (χ3v) is 6.88. The Bertz CT molecular complexity index is 1190. The molecule has 4 rings (SSSR count). The molecule has 2 heterocycles. The highest BCUT2D eigenvalue weighted by molar-refractivity contribution is 6.03. The number of hydrogen-bond donors (Lipinski definition) is 1. The number of ether oxygens (including phenoxy) is 3. The molecule has 1 atom stereocenters. The van der Waals surface area contributed by atoms with Crippen LogP contribution in [0, 0.1) is 5.82 Å². The van der Waals surface area contributed by atoms with E-state index in [0.717, 1.165) is 13.1 Å². The quantitative estimate of drug-likeness (QED) is 0.497. The fraction of sp³-hybridized carbons (Fsp3) is 0.464. The number of methoxy groups -OCH3 is 2. The molecule has 10 nitrogen and oxygen atoms in total. The molecular weight excluding hydrogens is 505 g/mol. The second kappa shape index (κ2) is 13.4. The third kappa shape index (κ3) is 6.85. The van der Waals surface area contributed by atoms with Gasteiger partial charge in [0.25, 0.3) is 5.91 Å². The number of halogens is 1. The number of carbonyl (C=O) groups excluding carboxylic acids is 2. The summed E-state index contributed by atoms with van der Waals surface area (Å²) in [4.78, 5) is 30.4. The highest BCUT2D eigenvalue weighted by atomic mass is 19.1. The van der Waals surface area contributed by atoms with Gasteiger partial charge in [-0.1, -0.05) is 18.2 Å². The van der Waals surface area contributed by atoms with Crippen molar-refractivity contribution in [2.45, 2.75) is 19.4 Å². The summed E-state index contributed by atoms with van der Waals surface area (Å²) in [6.07, 6.45) is 0.269. The van der Waals surface area contributed by atoms with Crippen molar-refractivity contribution in [1.29, 1.82) is 0 Å². The molecular formula is C28H36FN5O5. The number of morpholine rings is 1. The number of hydrazone groups is 1. The summed E-state index contributed by atoms with van der Waals surface area (Å²) in [7, 11) is 3.11. The van der Waals surface area contributed by atoms with Gasteiger partial charge in [0.1, 0.15) is 23.9 Å². The lowest BCUT2D eigenvalue weighted by molar-refractivity contribution is -0.133. The summed E-state index contributed by atoms with van der Waals surface area (Å²) in [6, 6.07) is 10.8. The van der Waals surface area contributed by atoms with Gasteiger partial charge in [0.15, 0.2) is 0 Å². The number of urea groups is 1. The van der Waals surface area contributed by atoms with Crippen LogP contribution in [0.15, 0.2) is 47.6 Å². The van der Waals surface area contributed by atoms with Crippen molar-refractivity contribution in [3.05, 3.63) is 59.4 Å². The maximum Gasteiger partial charge on any atom is 0.317 e. The number of hydrogen-bond acceptors (Lipinski definition) is 7. The second-order valence-electron chi connectivity index (χ2n) is 9.30. The molecule has 0 bridgehead atoms. The van der Waals surface area contributed by atoms with Gasteiger partial charge in [-0.2, -0.15) is 5.10 Å². The van der Waals surface area contributed by atoms with Crippen molar-refractivity contribution < 1.29 is 28.2 Å². The van der Waals surface area contributed by atoms with Crippen LogP contribution in [0.25, 0.3) is 0 Å². The number of benzene rings is 2. The normalized spacial score (nSPS) is 17.5. The molecule has 2 aliphatic heterocycles. The molecule has 0 aliphatic carbocycles. The summed E-state index contributed by atoms with van der Waals surface area (Å²) < 4.78 is 31.2. The molecule has 11 heteroatoms. The van der Waals surface area contributed by atoms with Crippen LogP contribution in [0.2, 0.25) is 0 Å². The molecule has 0 radical (unpaired) electrons. The van der Waals surface area contributed by atoms with Gasteiger partial charge >= 0.3 is 6.03 Å². The minimum Gasteiger partial charge on any atom is -0.497 e. The lowest BCUT2D eigenvalue weighted by atomic mass is 9.97. The largest absolute Gasteiger partial charge is 0.497 e. The smallest absolute Gasteiger partial charge is 0.317 e. The van der Waals surface area contributed by atoms with Gasteiger partial charge in [0, 0.05) is 50.3 Å². The molecule has 2 aromatic rings. The van der Waals surface area contributed by atoms with Gasteiger partial charge in [-0.25, -0.2) is 14.2 Å². The van der Waals surface area contributed by atoms with Crippen LogP contribution < -0.4 is 14.8 Å².